The van der Waals surface area contributed by atoms with Crippen molar-refractivity contribution < 1.29 is 9.50 Å². The number of phenolic OH excluding ortho intramolecular Hbond substituents is 1. The van der Waals surface area contributed by atoms with Crippen LogP contribution >= 0.6 is 0 Å². The molecule has 1 aromatic carbocycles. The van der Waals surface area contributed by atoms with Crippen molar-refractivity contribution >= 4 is 0 Å². The van der Waals surface area contributed by atoms with E-state index in [0.29, 0.717) is 18.2 Å². The highest BCUT2D eigenvalue weighted by atomic mass is 19.1. The van der Waals surface area contributed by atoms with Crippen LogP contribution in [-0.2, 0) is 6.54 Å². The summed E-state index contributed by atoms with van der Waals surface area (Å²) >= 11 is 0. The van der Waals surface area contributed by atoms with Crippen LogP contribution in [0.2, 0.25) is 0 Å². The average molecular weight is 225 g/mol. The van der Waals surface area contributed by atoms with Crippen molar-refractivity contribution in [3.05, 3.63) is 29.6 Å². The number of aromatic hydroxyl groups is 1. The van der Waals surface area contributed by atoms with Gasteiger partial charge in [-0.2, -0.15) is 0 Å². The predicted octanol–water partition coefficient (Wildman–Crippen LogP) is 3.15. The Labute approximate surface area is 96.7 Å². The second kappa shape index (κ2) is 5.85. The molecule has 0 bridgehead atoms. The fourth-order valence-electron chi connectivity index (χ4n) is 1.75. The first kappa shape index (κ1) is 13.0. The van der Waals surface area contributed by atoms with Gasteiger partial charge in [-0.15, -0.1) is 0 Å². The maximum Gasteiger partial charge on any atom is 0.165 e. The minimum atomic E-state index is -0.547. The maximum atomic E-state index is 13.1. The number of benzene rings is 1. The fourth-order valence-corrected chi connectivity index (χ4v) is 1.75. The quantitative estimate of drug-likeness (QED) is 0.832. The molecule has 3 heteroatoms. The molecule has 16 heavy (non-hydrogen) atoms. The zero-order chi connectivity index (χ0) is 12.1. The summed E-state index contributed by atoms with van der Waals surface area (Å²) in [5, 5.41) is 9.56. The Morgan fingerprint density at radius 1 is 1.44 bits per heavy atom. The van der Waals surface area contributed by atoms with E-state index in [1.165, 1.54) is 6.07 Å². The molecule has 1 N–H and O–H groups in total. The largest absolute Gasteiger partial charge is 0.505 e. The van der Waals surface area contributed by atoms with Crippen LogP contribution in [-0.4, -0.2) is 23.1 Å². The van der Waals surface area contributed by atoms with E-state index in [0.717, 1.165) is 12.8 Å². The van der Waals surface area contributed by atoms with Gasteiger partial charge in [-0.25, -0.2) is 4.39 Å². The van der Waals surface area contributed by atoms with E-state index in [1.807, 2.05) is 7.05 Å². The van der Waals surface area contributed by atoms with Crippen molar-refractivity contribution in [2.24, 2.45) is 0 Å². The lowest BCUT2D eigenvalue weighted by molar-refractivity contribution is 0.233. The molecule has 2 nitrogen and oxygen atoms in total. The third-order valence-electron chi connectivity index (χ3n) is 2.95. The summed E-state index contributed by atoms with van der Waals surface area (Å²) in [7, 11) is 1.99. The molecule has 0 saturated carbocycles. The smallest absolute Gasteiger partial charge is 0.165 e. The summed E-state index contributed by atoms with van der Waals surface area (Å²) in [6.45, 7) is 4.86. The van der Waals surface area contributed by atoms with Gasteiger partial charge in [-0.1, -0.05) is 25.5 Å². The molecule has 0 fully saturated rings. The molecule has 0 aliphatic rings. The van der Waals surface area contributed by atoms with E-state index in [1.54, 1.807) is 12.1 Å². The summed E-state index contributed by atoms with van der Waals surface area (Å²) in [6.07, 6.45) is 2.23. The first-order valence-corrected chi connectivity index (χ1v) is 5.72. The van der Waals surface area contributed by atoms with E-state index in [-0.39, 0.29) is 5.75 Å². The van der Waals surface area contributed by atoms with E-state index in [2.05, 4.69) is 18.7 Å². The fraction of sp³-hybridized carbons (Fsp3) is 0.538. The maximum absolute atomic E-state index is 13.1. The highest BCUT2D eigenvalue weighted by molar-refractivity contribution is 5.33. The topological polar surface area (TPSA) is 23.5 Å². The highest BCUT2D eigenvalue weighted by Crippen LogP contribution is 2.22. The summed E-state index contributed by atoms with van der Waals surface area (Å²) in [5.41, 5.74) is 0.644. The average Bonchev–Trinajstić information content (AvgIpc) is 2.25. The molecule has 1 atom stereocenters. The van der Waals surface area contributed by atoms with Crippen molar-refractivity contribution in [2.45, 2.75) is 39.3 Å². The molecule has 1 aromatic rings. The number of halogens is 1. The standard InChI is InChI=1S/C13H20FNO/c1-4-6-10(2)15(3)9-11-7-5-8-12(14)13(11)16/h5,7-8,10,16H,4,6,9H2,1-3H3. The molecule has 0 amide bonds. The van der Waals surface area contributed by atoms with Crippen LogP contribution in [0.1, 0.15) is 32.3 Å². The zero-order valence-corrected chi connectivity index (χ0v) is 10.2. The Morgan fingerprint density at radius 2 is 2.12 bits per heavy atom. The summed E-state index contributed by atoms with van der Waals surface area (Å²) in [6, 6.07) is 5.09. The number of hydrogen-bond acceptors (Lipinski definition) is 2. The van der Waals surface area contributed by atoms with Gasteiger partial charge in [0.15, 0.2) is 11.6 Å². The number of para-hydroxylation sites is 1. The molecule has 0 aliphatic carbocycles. The van der Waals surface area contributed by atoms with Crippen molar-refractivity contribution in [2.75, 3.05) is 7.05 Å². The van der Waals surface area contributed by atoms with Gasteiger partial charge in [0.25, 0.3) is 0 Å². The second-order valence-corrected chi connectivity index (χ2v) is 4.30. The lowest BCUT2D eigenvalue weighted by Gasteiger charge is -2.24. The van der Waals surface area contributed by atoms with Crippen LogP contribution in [0.5, 0.6) is 5.75 Å². The van der Waals surface area contributed by atoms with E-state index >= 15 is 0 Å². The van der Waals surface area contributed by atoms with Gasteiger partial charge in [0.2, 0.25) is 0 Å². The molecular formula is C13H20FNO. The van der Waals surface area contributed by atoms with Gasteiger partial charge in [-0.05, 0) is 26.5 Å². The molecule has 0 aromatic heterocycles. The first-order chi connectivity index (χ1) is 7.56. The third-order valence-corrected chi connectivity index (χ3v) is 2.95. The molecule has 90 valence electrons. The number of nitrogens with zero attached hydrogens (tertiary/aromatic N) is 1. The van der Waals surface area contributed by atoms with Crippen LogP contribution in [0.3, 0.4) is 0 Å². The zero-order valence-electron chi connectivity index (χ0n) is 10.2. The molecule has 1 unspecified atom stereocenters. The van der Waals surface area contributed by atoms with Crippen LogP contribution in [0.4, 0.5) is 4.39 Å². The van der Waals surface area contributed by atoms with Crippen LogP contribution < -0.4 is 0 Å². The molecule has 0 spiro atoms. The van der Waals surface area contributed by atoms with Crippen LogP contribution in [0.15, 0.2) is 18.2 Å². The Balaban J connectivity index is 2.69. The number of hydrogen-bond donors (Lipinski definition) is 1. The van der Waals surface area contributed by atoms with Gasteiger partial charge in [0.1, 0.15) is 0 Å². The Hall–Kier alpha value is -1.09. The molecule has 1 rings (SSSR count). The molecule has 0 radical (unpaired) electrons. The van der Waals surface area contributed by atoms with Gasteiger partial charge in [0.05, 0.1) is 0 Å². The van der Waals surface area contributed by atoms with Gasteiger partial charge in [-0.3, -0.25) is 4.90 Å². The van der Waals surface area contributed by atoms with Crippen LogP contribution in [0.25, 0.3) is 0 Å². The minimum Gasteiger partial charge on any atom is -0.505 e. The van der Waals surface area contributed by atoms with E-state index < -0.39 is 5.82 Å². The van der Waals surface area contributed by atoms with E-state index in [4.69, 9.17) is 0 Å². The highest BCUT2D eigenvalue weighted by Gasteiger charge is 2.12. The second-order valence-electron chi connectivity index (χ2n) is 4.30. The van der Waals surface area contributed by atoms with Crippen molar-refractivity contribution in [3.63, 3.8) is 0 Å². The first-order valence-electron chi connectivity index (χ1n) is 5.72. The van der Waals surface area contributed by atoms with Crippen molar-refractivity contribution in [1.82, 2.24) is 4.90 Å². The Bertz CT molecular complexity index is 341. The van der Waals surface area contributed by atoms with Gasteiger partial charge in [0, 0.05) is 18.2 Å². The Morgan fingerprint density at radius 3 is 2.75 bits per heavy atom. The summed E-state index contributed by atoms with van der Waals surface area (Å²) in [4.78, 5) is 2.12. The normalized spacial score (nSPS) is 13.1. The monoisotopic (exact) mass is 225 g/mol. The third kappa shape index (κ3) is 3.20. The molecular weight excluding hydrogens is 205 g/mol. The summed E-state index contributed by atoms with van der Waals surface area (Å²) < 4.78 is 13.1. The van der Waals surface area contributed by atoms with Gasteiger partial charge >= 0.3 is 0 Å². The minimum absolute atomic E-state index is 0.224. The van der Waals surface area contributed by atoms with Crippen LogP contribution in [0, 0.1) is 5.82 Å². The molecule has 0 aliphatic heterocycles. The molecule has 0 saturated heterocycles. The molecule has 0 heterocycles. The number of phenols is 1. The lowest BCUT2D eigenvalue weighted by atomic mass is 10.1. The van der Waals surface area contributed by atoms with Gasteiger partial charge < -0.3 is 5.11 Å². The summed E-state index contributed by atoms with van der Waals surface area (Å²) in [5.74, 6) is -0.771. The van der Waals surface area contributed by atoms with E-state index in [9.17, 15) is 9.50 Å². The predicted molar refractivity (Wildman–Crippen MR) is 63.9 cm³/mol. The SMILES string of the molecule is CCCC(C)N(C)Cc1cccc(F)c1O. The van der Waals surface area contributed by atoms with Crippen molar-refractivity contribution in [1.29, 1.82) is 0 Å². The van der Waals surface area contributed by atoms with Crippen molar-refractivity contribution in [3.8, 4) is 5.75 Å². The lowest BCUT2D eigenvalue weighted by Crippen LogP contribution is -2.28. The Kier molecular flexibility index (Phi) is 4.74. The number of rotatable bonds is 5.